The van der Waals surface area contributed by atoms with Crippen molar-refractivity contribution in [3.8, 4) is 22.3 Å². The monoisotopic (exact) mass is 744 g/mol. The zero-order valence-corrected chi connectivity index (χ0v) is 32.5. The molecule has 0 nitrogen and oxygen atoms in total. The van der Waals surface area contributed by atoms with E-state index in [0.29, 0.717) is 0 Å². The first kappa shape index (κ1) is 35.4. The standard InChI is InChI=1S/C41H42.2CH3.Hf/c1-23-17-24(2)28(6)39(27(23)5)35-15-11-13-31-19-33(21-37(31)35)41(9,10)34-20-32-14-12-16-36(38(32)22-34)40-29(7)25(3)18-26(4)30(40)8;;;/h11-22H,1-10H3;2*1H3;/q-2;2*-1;+4. The summed E-state index contributed by atoms with van der Waals surface area (Å²) in [5.41, 5.74) is 19.1. The van der Waals surface area contributed by atoms with E-state index < -0.39 is 0 Å². The maximum absolute atomic E-state index is 2.46. The van der Waals surface area contributed by atoms with Gasteiger partial charge in [0.15, 0.2) is 0 Å². The molecule has 6 rings (SSSR count). The van der Waals surface area contributed by atoms with E-state index in [1.165, 1.54) is 99.4 Å². The molecule has 0 saturated heterocycles. The van der Waals surface area contributed by atoms with E-state index in [9.17, 15) is 0 Å². The molecule has 0 atom stereocenters. The predicted octanol–water partition coefficient (Wildman–Crippen LogP) is 12.5. The van der Waals surface area contributed by atoms with Gasteiger partial charge in [-0.3, -0.25) is 0 Å². The summed E-state index contributed by atoms with van der Waals surface area (Å²) < 4.78 is 0. The average molecular weight is 743 g/mol. The molecule has 0 saturated carbocycles. The number of benzene rings is 4. The van der Waals surface area contributed by atoms with Gasteiger partial charge in [-0.05, 0) is 116 Å². The molecule has 0 aromatic heterocycles. The summed E-state index contributed by atoms with van der Waals surface area (Å²) in [6.07, 6.45) is 0. The summed E-state index contributed by atoms with van der Waals surface area (Å²) in [5, 5.41) is 5.35. The van der Waals surface area contributed by atoms with E-state index in [1.54, 1.807) is 0 Å². The van der Waals surface area contributed by atoms with E-state index in [4.69, 9.17) is 0 Å². The van der Waals surface area contributed by atoms with E-state index in [1.807, 2.05) is 0 Å². The first-order valence-electron chi connectivity index (χ1n) is 15.0. The van der Waals surface area contributed by atoms with Gasteiger partial charge < -0.3 is 14.9 Å². The van der Waals surface area contributed by atoms with Crippen LogP contribution < -0.4 is 0 Å². The topological polar surface area (TPSA) is 0 Å². The Morgan fingerprint density at radius 3 is 1.11 bits per heavy atom. The fraction of sp³-hybridized carbons (Fsp3) is 0.256. The minimum atomic E-state index is -0.133. The summed E-state index contributed by atoms with van der Waals surface area (Å²) in [6, 6.07) is 28.0. The third kappa shape index (κ3) is 5.51. The molecule has 0 fully saturated rings. The van der Waals surface area contributed by atoms with Crippen LogP contribution in [0.2, 0.25) is 0 Å². The van der Waals surface area contributed by atoms with Gasteiger partial charge in [-0.15, -0.1) is 69.1 Å². The molecule has 0 aliphatic rings. The Labute approximate surface area is 286 Å². The van der Waals surface area contributed by atoms with Crippen LogP contribution in [-0.4, -0.2) is 0 Å². The number of hydrogen-bond donors (Lipinski definition) is 0. The zero-order chi connectivity index (χ0) is 29.4. The van der Waals surface area contributed by atoms with Gasteiger partial charge in [-0.2, -0.15) is 12.1 Å². The molecule has 6 aromatic rings. The second-order valence-electron chi connectivity index (χ2n) is 13.0. The van der Waals surface area contributed by atoms with Crippen molar-refractivity contribution in [3.63, 3.8) is 0 Å². The van der Waals surface area contributed by atoms with Crippen LogP contribution in [0.5, 0.6) is 0 Å². The van der Waals surface area contributed by atoms with Crippen LogP contribution in [0.15, 0.2) is 72.8 Å². The zero-order valence-electron chi connectivity index (χ0n) is 28.9. The Morgan fingerprint density at radius 2 is 0.795 bits per heavy atom. The molecule has 0 bridgehead atoms. The maximum Gasteiger partial charge on any atom is 4.00 e. The molecule has 0 unspecified atom stereocenters. The molecular formula is C43H48Hf. The van der Waals surface area contributed by atoms with Crippen LogP contribution in [0, 0.1) is 70.2 Å². The van der Waals surface area contributed by atoms with Gasteiger partial charge in [0.1, 0.15) is 0 Å². The smallest absolute Gasteiger partial charge is 0.358 e. The van der Waals surface area contributed by atoms with Gasteiger partial charge in [0, 0.05) is 0 Å². The Morgan fingerprint density at radius 1 is 0.477 bits per heavy atom. The van der Waals surface area contributed by atoms with Crippen molar-refractivity contribution in [1.29, 1.82) is 0 Å². The Kier molecular flexibility index (Phi) is 10.3. The predicted molar refractivity (Wildman–Crippen MR) is 193 cm³/mol. The van der Waals surface area contributed by atoms with E-state index in [0.717, 1.165) is 0 Å². The molecule has 0 amide bonds. The molecule has 0 heterocycles. The van der Waals surface area contributed by atoms with E-state index in [2.05, 4.69) is 142 Å². The molecule has 0 N–H and O–H groups in total. The van der Waals surface area contributed by atoms with Crippen molar-refractivity contribution in [2.24, 2.45) is 0 Å². The molecule has 224 valence electrons. The van der Waals surface area contributed by atoms with Crippen molar-refractivity contribution < 1.29 is 25.8 Å². The quantitative estimate of drug-likeness (QED) is 0.125. The summed E-state index contributed by atoms with van der Waals surface area (Å²) >= 11 is 0. The number of hydrogen-bond acceptors (Lipinski definition) is 0. The average Bonchev–Trinajstić information content (AvgIpc) is 3.58. The third-order valence-electron chi connectivity index (χ3n) is 10.2. The summed E-state index contributed by atoms with van der Waals surface area (Å²) in [5.74, 6) is 0. The molecule has 0 radical (unpaired) electrons. The minimum Gasteiger partial charge on any atom is -0.358 e. The van der Waals surface area contributed by atoms with Crippen LogP contribution >= 0.6 is 0 Å². The van der Waals surface area contributed by atoms with Gasteiger partial charge >= 0.3 is 25.8 Å². The molecule has 0 aliphatic heterocycles. The summed E-state index contributed by atoms with van der Waals surface area (Å²) in [7, 11) is 0. The van der Waals surface area contributed by atoms with Crippen molar-refractivity contribution in [3.05, 3.63) is 143 Å². The van der Waals surface area contributed by atoms with Gasteiger partial charge in [0.25, 0.3) is 0 Å². The van der Waals surface area contributed by atoms with Gasteiger partial charge in [0.2, 0.25) is 0 Å². The molecule has 1 heteroatoms. The van der Waals surface area contributed by atoms with Gasteiger partial charge in [-0.1, -0.05) is 49.2 Å². The third-order valence-corrected chi connectivity index (χ3v) is 10.2. The second kappa shape index (κ2) is 12.8. The van der Waals surface area contributed by atoms with E-state index >= 15 is 0 Å². The largest absolute Gasteiger partial charge is 4.00 e. The number of fused-ring (bicyclic) bond motifs is 2. The Hall–Kier alpha value is -3.03. The van der Waals surface area contributed by atoms with Crippen molar-refractivity contribution >= 4 is 21.5 Å². The summed E-state index contributed by atoms with van der Waals surface area (Å²) in [6.45, 7) is 22.8. The van der Waals surface area contributed by atoms with E-state index in [-0.39, 0.29) is 46.1 Å². The Bertz CT molecular complexity index is 1790. The van der Waals surface area contributed by atoms with Crippen molar-refractivity contribution in [2.75, 3.05) is 0 Å². The number of aryl methyl sites for hydroxylation is 4. The summed E-state index contributed by atoms with van der Waals surface area (Å²) in [4.78, 5) is 0. The van der Waals surface area contributed by atoms with Gasteiger partial charge in [0.05, 0.1) is 0 Å². The first-order valence-corrected chi connectivity index (χ1v) is 15.0. The minimum absolute atomic E-state index is 0. The van der Waals surface area contributed by atoms with Crippen LogP contribution in [0.4, 0.5) is 0 Å². The van der Waals surface area contributed by atoms with Crippen LogP contribution in [-0.2, 0) is 31.3 Å². The van der Waals surface area contributed by atoms with Crippen LogP contribution in [0.3, 0.4) is 0 Å². The Balaban J connectivity index is 0.00000176. The van der Waals surface area contributed by atoms with Crippen LogP contribution in [0.25, 0.3) is 43.8 Å². The SMILES string of the molecule is Cc1cc(C)c(C)c(-c2cccc3[cH-]c(C(C)(C)c4cc5c(-c6c(C)c(C)cc(C)c6C)cccc5[cH-]4)cc23)c1C.[CH3-].[CH3-].[Hf+4]. The number of rotatable bonds is 4. The van der Waals surface area contributed by atoms with Crippen molar-refractivity contribution in [2.45, 2.75) is 74.7 Å². The molecule has 6 aromatic carbocycles. The second-order valence-corrected chi connectivity index (χ2v) is 13.0. The molecule has 0 spiro atoms. The van der Waals surface area contributed by atoms with Crippen LogP contribution in [0.1, 0.15) is 69.5 Å². The first-order chi connectivity index (χ1) is 19.4. The fourth-order valence-corrected chi connectivity index (χ4v) is 7.04. The van der Waals surface area contributed by atoms with Crippen molar-refractivity contribution in [1.82, 2.24) is 0 Å². The van der Waals surface area contributed by atoms with Gasteiger partial charge in [-0.25, -0.2) is 0 Å². The normalized spacial score (nSPS) is 11.3. The molecule has 0 aliphatic carbocycles. The molecule has 44 heavy (non-hydrogen) atoms. The fourth-order valence-electron chi connectivity index (χ4n) is 7.04. The maximum atomic E-state index is 2.46. The molecular weight excluding hydrogens is 695 g/mol.